The molecule has 1 fully saturated rings. The number of pyridine rings is 1. The predicted molar refractivity (Wildman–Crippen MR) is 63.9 cm³/mol. The maximum absolute atomic E-state index is 12.5. The molecule has 0 spiro atoms. The van der Waals surface area contributed by atoms with E-state index in [0.29, 0.717) is 5.02 Å². The van der Waals surface area contributed by atoms with Crippen LogP contribution >= 0.6 is 11.6 Å². The highest BCUT2D eigenvalue weighted by Crippen LogP contribution is 2.34. The van der Waals surface area contributed by atoms with Crippen molar-refractivity contribution >= 4 is 17.5 Å². The average molecular weight is 293 g/mol. The number of rotatable bonds is 1. The largest absolute Gasteiger partial charge is 0.391 e. The molecule has 0 atom stereocenters. The number of piperidine rings is 1. The second-order valence-corrected chi connectivity index (χ2v) is 4.90. The summed E-state index contributed by atoms with van der Waals surface area (Å²) in [5.74, 6) is -1.69. The number of nitrogens with zero attached hydrogens (tertiary/aromatic N) is 2. The zero-order valence-corrected chi connectivity index (χ0v) is 10.7. The third kappa shape index (κ3) is 3.37. The molecular weight excluding hydrogens is 281 g/mol. The Labute approximate surface area is 113 Å². The van der Waals surface area contributed by atoms with E-state index in [0.717, 1.165) is 0 Å². The van der Waals surface area contributed by atoms with Gasteiger partial charge in [0.1, 0.15) is 5.69 Å². The molecule has 19 heavy (non-hydrogen) atoms. The van der Waals surface area contributed by atoms with Crippen molar-refractivity contribution in [1.82, 2.24) is 9.88 Å². The Morgan fingerprint density at radius 3 is 2.53 bits per heavy atom. The Balaban J connectivity index is 2.00. The van der Waals surface area contributed by atoms with Crippen molar-refractivity contribution in [3.05, 3.63) is 29.0 Å². The van der Waals surface area contributed by atoms with Crippen molar-refractivity contribution in [2.75, 3.05) is 13.1 Å². The van der Waals surface area contributed by atoms with Gasteiger partial charge < -0.3 is 4.90 Å². The summed E-state index contributed by atoms with van der Waals surface area (Å²) < 4.78 is 37.5. The molecule has 104 valence electrons. The highest BCUT2D eigenvalue weighted by molar-refractivity contribution is 6.30. The van der Waals surface area contributed by atoms with E-state index in [1.807, 2.05) is 0 Å². The molecule has 0 aliphatic carbocycles. The van der Waals surface area contributed by atoms with E-state index < -0.39 is 12.1 Å². The van der Waals surface area contributed by atoms with Gasteiger partial charge in [0.2, 0.25) is 0 Å². The van der Waals surface area contributed by atoms with Crippen molar-refractivity contribution < 1.29 is 18.0 Å². The van der Waals surface area contributed by atoms with Crippen LogP contribution in [0.3, 0.4) is 0 Å². The van der Waals surface area contributed by atoms with Gasteiger partial charge in [0.15, 0.2) is 0 Å². The average Bonchev–Trinajstić information content (AvgIpc) is 2.37. The van der Waals surface area contributed by atoms with Crippen LogP contribution in [0.2, 0.25) is 5.02 Å². The predicted octanol–water partition coefficient (Wildman–Crippen LogP) is 3.15. The molecule has 0 bridgehead atoms. The normalized spacial score (nSPS) is 17.6. The van der Waals surface area contributed by atoms with Crippen molar-refractivity contribution in [3.8, 4) is 0 Å². The second kappa shape index (κ2) is 5.36. The number of likely N-dealkylation sites (tertiary alicyclic amines) is 1. The molecule has 1 aromatic rings. The van der Waals surface area contributed by atoms with E-state index in [1.54, 1.807) is 0 Å². The first-order valence-electron chi connectivity index (χ1n) is 5.85. The fourth-order valence-electron chi connectivity index (χ4n) is 2.09. The number of alkyl halides is 3. The summed E-state index contributed by atoms with van der Waals surface area (Å²) in [6.07, 6.45) is -2.90. The Bertz CT molecular complexity index is 470. The van der Waals surface area contributed by atoms with E-state index in [1.165, 1.54) is 23.2 Å². The lowest BCUT2D eigenvalue weighted by Crippen LogP contribution is -2.42. The van der Waals surface area contributed by atoms with Crippen LogP contribution in [0, 0.1) is 5.92 Å². The summed E-state index contributed by atoms with van der Waals surface area (Å²) >= 11 is 5.75. The van der Waals surface area contributed by atoms with Crippen LogP contribution < -0.4 is 0 Å². The van der Waals surface area contributed by atoms with Gasteiger partial charge in [0.25, 0.3) is 5.91 Å². The maximum Gasteiger partial charge on any atom is 0.391 e. The molecule has 7 heteroatoms. The molecule has 1 aromatic heterocycles. The number of aromatic nitrogens is 1. The van der Waals surface area contributed by atoms with Gasteiger partial charge in [-0.05, 0) is 25.0 Å². The number of halogens is 4. The quantitative estimate of drug-likeness (QED) is 0.796. The molecule has 0 aromatic carbocycles. The minimum absolute atomic E-state index is 0.0597. The summed E-state index contributed by atoms with van der Waals surface area (Å²) in [5.41, 5.74) is 0.165. The van der Waals surface area contributed by atoms with E-state index in [4.69, 9.17) is 11.6 Å². The van der Waals surface area contributed by atoms with Crippen LogP contribution in [-0.4, -0.2) is 35.1 Å². The van der Waals surface area contributed by atoms with Gasteiger partial charge in [-0.2, -0.15) is 13.2 Å². The van der Waals surface area contributed by atoms with E-state index in [-0.39, 0.29) is 37.5 Å². The van der Waals surface area contributed by atoms with Gasteiger partial charge in [0.05, 0.1) is 5.92 Å². The lowest BCUT2D eigenvalue weighted by Gasteiger charge is -2.32. The van der Waals surface area contributed by atoms with E-state index in [9.17, 15) is 18.0 Å². The van der Waals surface area contributed by atoms with Gasteiger partial charge in [0, 0.05) is 24.3 Å². The Morgan fingerprint density at radius 2 is 2.00 bits per heavy atom. The number of hydrogen-bond acceptors (Lipinski definition) is 2. The van der Waals surface area contributed by atoms with Crippen LogP contribution in [0.4, 0.5) is 13.2 Å². The molecule has 2 rings (SSSR count). The zero-order valence-electron chi connectivity index (χ0n) is 9.95. The van der Waals surface area contributed by atoms with Gasteiger partial charge in [-0.1, -0.05) is 11.6 Å². The first kappa shape index (κ1) is 14.1. The van der Waals surface area contributed by atoms with E-state index in [2.05, 4.69) is 4.98 Å². The van der Waals surface area contributed by atoms with Crippen LogP contribution in [-0.2, 0) is 0 Å². The number of hydrogen-bond donors (Lipinski definition) is 0. The van der Waals surface area contributed by atoms with Crippen LogP contribution in [0.1, 0.15) is 23.3 Å². The lowest BCUT2D eigenvalue weighted by atomic mass is 9.96. The molecule has 1 amide bonds. The van der Waals surface area contributed by atoms with Crippen molar-refractivity contribution in [2.45, 2.75) is 19.0 Å². The maximum atomic E-state index is 12.5. The summed E-state index contributed by atoms with van der Waals surface area (Å²) in [6.45, 7) is 0.189. The van der Waals surface area contributed by atoms with Gasteiger partial charge in [-0.3, -0.25) is 9.78 Å². The topological polar surface area (TPSA) is 33.2 Å². The zero-order chi connectivity index (χ0) is 14.0. The molecule has 0 radical (unpaired) electrons. The minimum Gasteiger partial charge on any atom is -0.337 e. The highest BCUT2D eigenvalue weighted by atomic mass is 35.5. The molecular formula is C12H12ClF3N2O. The molecule has 0 unspecified atom stereocenters. The van der Waals surface area contributed by atoms with Gasteiger partial charge in [-0.15, -0.1) is 0 Å². The SMILES string of the molecule is O=C(c1cc(Cl)ccn1)N1CCC(C(F)(F)F)CC1. The minimum atomic E-state index is -4.18. The Kier molecular flexibility index (Phi) is 3.99. The molecule has 1 saturated heterocycles. The highest BCUT2D eigenvalue weighted by Gasteiger charge is 2.41. The smallest absolute Gasteiger partial charge is 0.337 e. The fourth-order valence-corrected chi connectivity index (χ4v) is 2.25. The summed E-state index contributed by atoms with van der Waals surface area (Å²) in [4.78, 5) is 17.3. The van der Waals surface area contributed by atoms with Gasteiger partial charge >= 0.3 is 6.18 Å². The Morgan fingerprint density at radius 1 is 1.37 bits per heavy atom. The number of carbonyl (C=O) groups excluding carboxylic acids is 1. The number of amides is 1. The monoisotopic (exact) mass is 292 g/mol. The molecule has 0 N–H and O–H groups in total. The van der Waals surface area contributed by atoms with E-state index >= 15 is 0 Å². The second-order valence-electron chi connectivity index (χ2n) is 4.47. The lowest BCUT2D eigenvalue weighted by molar-refractivity contribution is -0.183. The summed E-state index contributed by atoms with van der Waals surface area (Å²) in [7, 11) is 0. The third-order valence-corrected chi connectivity index (χ3v) is 3.42. The molecule has 1 aliphatic rings. The standard InChI is InChI=1S/C12H12ClF3N2O/c13-9-1-4-17-10(7-9)11(19)18-5-2-8(3-6-18)12(14,15)16/h1,4,7-8H,2-3,5-6H2. The van der Waals surface area contributed by atoms with Crippen molar-refractivity contribution in [1.29, 1.82) is 0 Å². The van der Waals surface area contributed by atoms with Crippen molar-refractivity contribution in [3.63, 3.8) is 0 Å². The van der Waals surface area contributed by atoms with Crippen LogP contribution in [0.5, 0.6) is 0 Å². The van der Waals surface area contributed by atoms with Crippen molar-refractivity contribution in [2.24, 2.45) is 5.92 Å². The Hall–Kier alpha value is -1.30. The third-order valence-electron chi connectivity index (χ3n) is 3.19. The first-order valence-corrected chi connectivity index (χ1v) is 6.23. The molecule has 3 nitrogen and oxygen atoms in total. The van der Waals surface area contributed by atoms with Crippen LogP contribution in [0.15, 0.2) is 18.3 Å². The van der Waals surface area contributed by atoms with Crippen LogP contribution in [0.25, 0.3) is 0 Å². The number of carbonyl (C=O) groups is 1. The molecule has 1 aliphatic heterocycles. The first-order chi connectivity index (χ1) is 8.88. The molecule has 0 saturated carbocycles. The summed E-state index contributed by atoms with van der Waals surface area (Å²) in [5, 5.41) is 0.378. The molecule has 2 heterocycles. The summed E-state index contributed by atoms with van der Waals surface area (Å²) in [6, 6.07) is 2.95. The van der Waals surface area contributed by atoms with Gasteiger partial charge in [-0.25, -0.2) is 0 Å². The fraction of sp³-hybridized carbons (Fsp3) is 0.500.